The number of ether oxygens (including phenoxy) is 1. The summed E-state index contributed by atoms with van der Waals surface area (Å²) in [5.41, 5.74) is 6.72. The third-order valence-electron chi connectivity index (χ3n) is 6.21. The second kappa shape index (κ2) is 9.75. The van der Waals surface area contributed by atoms with Gasteiger partial charge in [-0.2, -0.15) is 0 Å². The first kappa shape index (κ1) is 22.4. The quantitative estimate of drug-likeness (QED) is 0.614. The first-order chi connectivity index (χ1) is 15.5. The number of hydrogen-bond acceptors (Lipinski definition) is 5. The third-order valence-corrected chi connectivity index (χ3v) is 6.53. The zero-order chi connectivity index (χ0) is 22.7. The number of hydrogen-bond donors (Lipinski definition) is 1. The number of imidazole rings is 1. The molecule has 4 rings (SSSR count). The topological polar surface area (TPSA) is 93.7 Å². The highest BCUT2D eigenvalue weighted by Gasteiger charge is 2.30. The number of amides is 2. The van der Waals surface area contributed by atoms with E-state index < -0.39 is 5.91 Å². The Kier molecular flexibility index (Phi) is 6.81. The van der Waals surface area contributed by atoms with Crippen molar-refractivity contribution in [1.29, 1.82) is 0 Å². The number of carbonyl (C=O) groups excluding carboxylic acids is 2. The lowest BCUT2D eigenvalue weighted by Crippen LogP contribution is -2.40. The fourth-order valence-corrected chi connectivity index (χ4v) is 4.59. The van der Waals surface area contributed by atoms with Gasteiger partial charge in [-0.05, 0) is 30.9 Å². The highest BCUT2D eigenvalue weighted by Crippen LogP contribution is 2.33. The Balaban J connectivity index is 1.39. The molecule has 2 N–H and O–H groups in total. The van der Waals surface area contributed by atoms with Crippen LogP contribution in [-0.4, -0.2) is 59.1 Å². The monoisotopic (exact) mass is 457 g/mol. The van der Waals surface area contributed by atoms with E-state index in [0.29, 0.717) is 54.7 Å². The van der Waals surface area contributed by atoms with Crippen molar-refractivity contribution >= 4 is 29.1 Å². The number of nitrogens with zero attached hydrogens (tertiary/aromatic N) is 4. The van der Waals surface area contributed by atoms with E-state index in [1.807, 2.05) is 30.3 Å². The van der Waals surface area contributed by atoms with Crippen LogP contribution < -0.4 is 10.6 Å². The van der Waals surface area contributed by atoms with Crippen LogP contribution in [0.4, 0.5) is 5.69 Å². The van der Waals surface area contributed by atoms with Crippen molar-refractivity contribution in [3.05, 3.63) is 59.2 Å². The molecule has 2 aromatic rings. The summed E-state index contributed by atoms with van der Waals surface area (Å²) in [6, 6.07) is 7.77. The minimum Gasteiger partial charge on any atom is -0.381 e. The van der Waals surface area contributed by atoms with Gasteiger partial charge in [0.15, 0.2) is 0 Å². The zero-order valence-corrected chi connectivity index (χ0v) is 18.9. The summed E-state index contributed by atoms with van der Waals surface area (Å²) in [4.78, 5) is 32.4. The van der Waals surface area contributed by atoms with Gasteiger partial charge in [-0.25, -0.2) is 4.98 Å². The number of benzene rings is 1. The molecule has 1 fully saturated rings. The van der Waals surface area contributed by atoms with Crippen LogP contribution in [0.5, 0.6) is 0 Å². The molecule has 0 saturated heterocycles. The van der Waals surface area contributed by atoms with Gasteiger partial charge in [-0.15, -0.1) is 0 Å². The maximum absolute atomic E-state index is 12.8. The number of para-hydroxylation sites is 1. The Morgan fingerprint density at radius 1 is 1.31 bits per heavy atom. The molecule has 2 heterocycles. The van der Waals surface area contributed by atoms with Gasteiger partial charge in [0.05, 0.1) is 29.6 Å². The number of aromatic nitrogens is 2. The molecule has 1 aliphatic carbocycles. The molecule has 32 heavy (non-hydrogen) atoms. The van der Waals surface area contributed by atoms with Crippen molar-refractivity contribution in [3.63, 3.8) is 0 Å². The van der Waals surface area contributed by atoms with E-state index in [0.717, 1.165) is 25.1 Å². The smallest absolute Gasteiger partial charge is 0.266 e. The molecule has 2 aliphatic rings. The Labute approximate surface area is 192 Å². The number of methoxy groups -OCH3 is 1. The number of halogens is 1. The van der Waals surface area contributed by atoms with E-state index in [4.69, 9.17) is 22.1 Å². The third kappa shape index (κ3) is 4.81. The molecular weight excluding hydrogens is 430 g/mol. The first-order valence-electron chi connectivity index (χ1n) is 10.8. The number of carbonyl (C=O) groups is 2. The predicted molar refractivity (Wildman–Crippen MR) is 122 cm³/mol. The predicted octanol–water partition coefficient (Wildman–Crippen LogP) is 2.47. The average Bonchev–Trinajstić information content (AvgIpc) is 3.18. The molecule has 0 spiro atoms. The van der Waals surface area contributed by atoms with Gasteiger partial charge >= 0.3 is 0 Å². The Morgan fingerprint density at radius 3 is 2.81 bits per heavy atom. The van der Waals surface area contributed by atoms with Gasteiger partial charge in [0.1, 0.15) is 11.5 Å². The molecule has 0 bridgehead atoms. The maximum atomic E-state index is 12.8. The van der Waals surface area contributed by atoms with E-state index in [-0.39, 0.29) is 5.91 Å². The molecule has 170 valence electrons. The summed E-state index contributed by atoms with van der Waals surface area (Å²) in [6.07, 6.45) is 7.37. The summed E-state index contributed by atoms with van der Waals surface area (Å²) in [5.74, 6) is 0.622. The van der Waals surface area contributed by atoms with E-state index in [1.165, 1.54) is 6.20 Å². The van der Waals surface area contributed by atoms with Crippen LogP contribution in [0, 0.1) is 5.92 Å². The van der Waals surface area contributed by atoms with Gasteiger partial charge in [0, 0.05) is 39.4 Å². The van der Waals surface area contributed by atoms with Crippen molar-refractivity contribution < 1.29 is 14.3 Å². The van der Waals surface area contributed by atoms with Crippen molar-refractivity contribution in [1.82, 2.24) is 14.5 Å². The van der Waals surface area contributed by atoms with Crippen molar-refractivity contribution in [3.8, 4) is 0 Å². The minimum atomic E-state index is -0.508. The maximum Gasteiger partial charge on any atom is 0.266 e. The van der Waals surface area contributed by atoms with Gasteiger partial charge in [0.2, 0.25) is 5.91 Å². The molecule has 0 unspecified atom stereocenters. The molecule has 1 aliphatic heterocycles. The molecular formula is C23H28ClN5O3. The average molecular weight is 458 g/mol. The van der Waals surface area contributed by atoms with Crippen LogP contribution >= 0.6 is 11.6 Å². The Hall–Kier alpha value is -2.84. The van der Waals surface area contributed by atoms with Crippen LogP contribution in [-0.2, 0) is 22.6 Å². The summed E-state index contributed by atoms with van der Waals surface area (Å²) in [5, 5.41) is 0.697. The van der Waals surface area contributed by atoms with Crippen LogP contribution in [0.25, 0.3) is 0 Å². The second-order valence-electron chi connectivity index (χ2n) is 8.29. The van der Waals surface area contributed by atoms with Crippen LogP contribution in [0.2, 0.25) is 5.02 Å². The summed E-state index contributed by atoms with van der Waals surface area (Å²) >= 11 is 6.45. The van der Waals surface area contributed by atoms with E-state index in [1.54, 1.807) is 22.7 Å². The number of rotatable bonds is 8. The van der Waals surface area contributed by atoms with Crippen molar-refractivity contribution in [2.45, 2.75) is 32.0 Å². The zero-order valence-electron chi connectivity index (χ0n) is 18.1. The van der Waals surface area contributed by atoms with Crippen molar-refractivity contribution in [2.75, 3.05) is 31.6 Å². The van der Waals surface area contributed by atoms with Crippen LogP contribution in [0.15, 0.2) is 42.6 Å². The van der Waals surface area contributed by atoms with Gasteiger partial charge in [-0.1, -0.05) is 29.8 Å². The molecule has 0 atom stereocenters. The Bertz CT molecular complexity index is 1010. The minimum absolute atomic E-state index is 0.0814. The standard InChI is InChI=1S/C23H28ClN5O3/c1-32-17-11-16(12-17)14-27(19-6-3-2-5-18(19)24)8-4-7-22(30)28-9-10-29-20(23(25)31)13-26-21(29)15-28/h2-7,13,16-17H,8-12,14-15H2,1H3,(H2,25,31)/b7-4+. The van der Waals surface area contributed by atoms with Crippen LogP contribution in [0.1, 0.15) is 29.2 Å². The molecule has 1 saturated carbocycles. The molecule has 8 nitrogen and oxygen atoms in total. The number of nitrogens with two attached hydrogens (primary N) is 1. The normalized spacial score (nSPS) is 20.1. The van der Waals surface area contributed by atoms with Gasteiger partial charge in [0.25, 0.3) is 5.91 Å². The summed E-state index contributed by atoms with van der Waals surface area (Å²) in [6.45, 7) is 2.80. The summed E-state index contributed by atoms with van der Waals surface area (Å²) < 4.78 is 7.18. The fourth-order valence-electron chi connectivity index (χ4n) is 4.34. The second-order valence-corrected chi connectivity index (χ2v) is 8.70. The van der Waals surface area contributed by atoms with Crippen LogP contribution in [0.3, 0.4) is 0 Å². The molecule has 0 radical (unpaired) electrons. The highest BCUT2D eigenvalue weighted by molar-refractivity contribution is 6.33. The number of anilines is 1. The van der Waals surface area contributed by atoms with Crippen molar-refractivity contribution in [2.24, 2.45) is 11.7 Å². The number of primary amides is 1. The number of fused-ring (bicyclic) bond motifs is 1. The largest absolute Gasteiger partial charge is 0.381 e. The molecule has 1 aromatic carbocycles. The van der Waals surface area contributed by atoms with E-state index >= 15 is 0 Å². The lowest BCUT2D eigenvalue weighted by molar-refractivity contribution is -0.127. The van der Waals surface area contributed by atoms with Gasteiger partial charge in [-0.3, -0.25) is 9.59 Å². The Morgan fingerprint density at radius 2 is 2.09 bits per heavy atom. The molecule has 2 amide bonds. The first-order valence-corrected chi connectivity index (χ1v) is 11.2. The highest BCUT2D eigenvalue weighted by atomic mass is 35.5. The van der Waals surface area contributed by atoms with Gasteiger partial charge < -0.3 is 24.8 Å². The fraction of sp³-hybridized carbons (Fsp3) is 0.435. The van der Waals surface area contributed by atoms with E-state index in [2.05, 4.69) is 9.88 Å². The summed E-state index contributed by atoms with van der Waals surface area (Å²) in [7, 11) is 1.75. The lowest BCUT2D eigenvalue weighted by Gasteiger charge is -2.38. The lowest BCUT2D eigenvalue weighted by atomic mass is 9.82. The van der Waals surface area contributed by atoms with E-state index in [9.17, 15) is 9.59 Å². The molecule has 1 aromatic heterocycles. The molecule has 9 heteroatoms. The SMILES string of the molecule is COC1CC(CN(C/C=C/C(=O)N2CCn3c(C(N)=O)cnc3C2)c2ccccc2Cl)C1.